The van der Waals surface area contributed by atoms with Crippen LogP contribution in [0.5, 0.6) is 5.75 Å². The number of phenols is 1. The quantitative estimate of drug-likeness (QED) is 0.580. The van der Waals surface area contributed by atoms with E-state index in [4.69, 9.17) is 5.73 Å². The summed E-state index contributed by atoms with van der Waals surface area (Å²) in [5.74, 6) is 0.275. The molecule has 1 unspecified atom stereocenters. The molecule has 4 nitrogen and oxygen atoms in total. The van der Waals surface area contributed by atoms with Gasteiger partial charge in [-0.05, 0) is 32.6 Å². The molecule has 0 bridgehead atoms. The third-order valence-corrected chi connectivity index (χ3v) is 3.25. The van der Waals surface area contributed by atoms with E-state index in [2.05, 4.69) is 23.9 Å². The van der Waals surface area contributed by atoms with Crippen LogP contribution < -0.4 is 10.6 Å². The predicted octanol–water partition coefficient (Wildman–Crippen LogP) is 1.11. The first kappa shape index (κ1) is 11.1. The highest BCUT2D eigenvalue weighted by Gasteiger charge is 2.25. The molecule has 1 aliphatic rings. The number of nitrogens with zero attached hydrogens (tertiary/aromatic N) is 2. The van der Waals surface area contributed by atoms with E-state index in [9.17, 15) is 5.11 Å². The number of nitrogens with two attached hydrogens (primary N) is 1. The lowest BCUT2D eigenvalue weighted by Gasteiger charge is -2.23. The molecule has 1 saturated heterocycles. The minimum atomic E-state index is 0.275. The SMILES string of the molecule is CN(C)C1CCN(c2cc(O)ccc2N)C1. The van der Waals surface area contributed by atoms with Gasteiger partial charge in [0.1, 0.15) is 5.75 Å². The summed E-state index contributed by atoms with van der Waals surface area (Å²) in [7, 11) is 4.19. The maximum Gasteiger partial charge on any atom is 0.117 e. The van der Waals surface area contributed by atoms with Crippen molar-refractivity contribution in [2.45, 2.75) is 12.5 Å². The summed E-state index contributed by atoms with van der Waals surface area (Å²) >= 11 is 0. The van der Waals surface area contributed by atoms with Crippen molar-refractivity contribution in [2.24, 2.45) is 0 Å². The maximum atomic E-state index is 9.48. The molecule has 4 heteroatoms. The first-order valence-corrected chi connectivity index (χ1v) is 5.58. The Morgan fingerprint density at radius 3 is 2.81 bits per heavy atom. The Labute approximate surface area is 96.3 Å². The third-order valence-electron chi connectivity index (χ3n) is 3.25. The Bertz CT molecular complexity index is 379. The van der Waals surface area contributed by atoms with Crippen LogP contribution in [0.15, 0.2) is 18.2 Å². The Balaban J connectivity index is 2.17. The fourth-order valence-corrected chi connectivity index (χ4v) is 2.19. The van der Waals surface area contributed by atoms with Gasteiger partial charge in [0.15, 0.2) is 0 Å². The fourth-order valence-electron chi connectivity index (χ4n) is 2.19. The standard InChI is InChI=1S/C12H19N3O/c1-14(2)9-5-6-15(8-9)12-7-10(16)3-4-11(12)13/h3-4,7,9,16H,5-6,8,13H2,1-2H3. The fraction of sp³-hybridized carbons (Fsp3) is 0.500. The number of hydrogen-bond donors (Lipinski definition) is 2. The molecule has 0 aliphatic carbocycles. The van der Waals surface area contributed by atoms with Crippen molar-refractivity contribution in [3.05, 3.63) is 18.2 Å². The van der Waals surface area contributed by atoms with Crippen molar-refractivity contribution < 1.29 is 5.11 Å². The number of likely N-dealkylation sites (N-methyl/N-ethyl adjacent to an activating group) is 1. The zero-order chi connectivity index (χ0) is 11.7. The van der Waals surface area contributed by atoms with E-state index in [1.165, 1.54) is 0 Å². The first-order chi connectivity index (χ1) is 7.58. The second-order valence-electron chi connectivity index (χ2n) is 4.60. The van der Waals surface area contributed by atoms with E-state index in [-0.39, 0.29) is 5.75 Å². The van der Waals surface area contributed by atoms with Gasteiger partial charge >= 0.3 is 0 Å². The van der Waals surface area contributed by atoms with Crippen molar-refractivity contribution in [3.8, 4) is 5.75 Å². The summed E-state index contributed by atoms with van der Waals surface area (Å²) in [6, 6.07) is 5.70. The molecule has 88 valence electrons. The van der Waals surface area contributed by atoms with E-state index in [1.54, 1.807) is 18.2 Å². The average Bonchev–Trinajstić information content (AvgIpc) is 2.70. The summed E-state index contributed by atoms with van der Waals surface area (Å²) in [4.78, 5) is 4.47. The van der Waals surface area contributed by atoms with Crippen LogP contribution in [0.4, 0.5) is 11.4 Å². The molecule has 1 fully saturated rings. The third kappa shape index (κ3) is 2.07. The van der Waals surface area contributed by atoms with Crippen LogP contribution in [-0.2, 0) is 0 Å². The van der Waals surface area contributed by atoms with Gasteiger partial charge in [0.05, 0.1) is 11.4 Å². The Hall–Kier alpha value is -1.42. The van der Waals surface area contributed by atoms with Crippen molar-refractivity contribution >= 4 is 11.4 Å². The van der Waals surface area contributed by atoms with Crippen LogP contribution in [0.1, 0.15) is 6.42 Å². The van der Waals surface area contributed by atoms with Crippen LogP contribution in [0.2, 0.25) is 0 Å². The predicted molar refractivity (Wildman–Crippen MR) is 66.8 cm³/mol. The summed E-state index contributed by atoms with van der Waals surface area (Å²) in [6.45, 7) is 1.97. The van der Waals surface area contributed by atoms with Gasteiger partial charge in [0.2, 0.25) is 0 Å². The monoisotopic (exact) mass is 221 g/mol. The Morgan fingerprint density at radius 2 is 2.19 bits per heavy atom. The van der Waals surface area contributed by atoms with Gasteiger partial charge in [-0.1, -0.05) is 0 Å². The van der Waals surface area contributed by atoms with Gasteiger partial charge in [-0.25, -0.2) is 0 Å². The molecule has 0 radical (unpaired) electrons. The second-order valence-corrected chi connectivity index (χ2v) is 4.60. The summed E-state index contributed by atoms with van der Waals surface area (Å²) in [5.41, 5.74) is 7.61. The maximum absolute atomic E-state index is 9.48. The van der Waals surface area contributed by atoms with Gasteiger partial charge in [-0.15, -0.1) is 0 Å². The first-order valence-electron chi connectivity index (χ1n) is 5.58. The number of phenolic OH excluding ortho intramolecular Hbond substituents is 1. The van der Waals surface area contributed by atoms with Gasteiger partial charge in [-0.3, -0.25) is 0 Å². The van der Waals surface area contributed by atoms with Gasteiger partial charge < -0.3 is 20.6 Å². The minimum absolute atomic E-state index is 0.275. The van der Waals surface area contributed by atoms with Crippen LogP contribution in [0, 0.1) is 0 Å². The number of hydrogen-bond acceptors (Lipinski definition) is 4. The van der Waals surface area contributed by atoms with Gasteiger partial charge in [0.25, 0.3) is 0 Å². The molecule has 1 aliphatic heterocycles. The van der Waals surface area contributed by atoms with Crippen LogP contribution in [-0.4, -0.2) is 43.2 Å². The van der Waals surface area contributed by atoms with Crippen LogP contribution in [0.25, 0.3) is 0 Å². The molecular formula is C12H19N3O. The molecule has 0 saturated carbocycles. The molecule has 1 aromatic rings. The van der Waals surface area contributed by atoms with E-state index in [0.717, 1.165) is 30.9 Å². The Kier molecular flexibility index (Phi) is 2.92. The molecule has 1 heterocycles. The number of nitrogen functional groups attached to an aromatic ring is 1. The smallest absolute Gasteiger partial charge is 0.117 e. The van der Waals surface area contributed by atoms with Gasteiger partial charge in [-0.2, -0.15) is 0 Å². The summed E-state index contributed by atoms with van der Waals surface area (Å²) in [6.07, 6.45) is 1.14. The second kappa shape index (κ2) is 4.22. The highest BCUT2D eigenvalue weighted by Crippen LogP contribution is 2.30. The zero-order valence-corrected chi connectivity index (χ0v) is 9.85. The number of aromatic hydroxyl groups is 1. The molecule has 1 aromatic carbocycles. The highest BCUT2D eigenvalue weighted by molar-refractivity contribution is 5.70. The van der Waals surface area contributed by atoms with Crippen molar-refractivity contribution in [2.75, 3.05) is 37.8 Å². The van der Waals surface area contributed by atoms with Crippen molar-refractivity contribution in [1.82, 2.24) is 4.90 Å². The molecule has 3 N–H and O–H groups in total. The molecule has 16 heavy (non-hydrogen) atoms. The topological polar surface area (TPSA) is 52.7 Å². The van der Waals surface area contributed by atoms with E-state index >= 15 is 0 Å². The Morgan fingerprint density at radius 1 is 1.44 bits per heavy atom. The van der Waals surface area contributed by atoms with E-state index in [1.807, 2.05) is 0 Å². The zero-order valence-electron chi connectivity index (χ0n) is 9.85. The van der Waals surface area contributed by atoms with E-state index < -0.39 is 0 Å². The minimum Gasteiger partial charge on any atom is -0.508 e. The lowest BCUT2D eigenvalue weighted by molar-refractivity contribution is 0.315. The van der Waals surface area contributed by atoms with Crippen molar-refractivity contribution in [1.29, 1.82) is 0 Å². The largest absolute Gasteiger partial charge is 0.508 e. The van der Waals surface area contributed by atoms with Crippen LogP contribution >= 0.6 is 0 Å². The molecule has 0 amide bonds. The highest BCUT2D eigenvalue weighted by atomic mass is 16.3. The summed E-state index contributed by atoms with van der Waals surface area (Å²) < 4.78 is 0. The number of rotatable bonds is 2. The lowest BCUT2D eigenvalue weighted by atomic mass is 10.2. The van der Waals surface area contributed by atoms with E-state index in [0.29, 0.717) is 6.04 Å². The molecule has 1 atom stereocenters. The normalized spacial score (nSPS) is 20.7. The van der Waals surface area contributed by atoms with Crippen molar-refractivity contribution in [3.63, 3.8) is 0 Å². The van der Waals surface area contributed by atoms with Gasteiger partial charge in [0, 0.05) is 25.2 Å². The number of anilines is 2. The molecule has 2 rings (SSSR count). The molecule has 0 spiro atoms. The number of benzene rings is 1. The summed E-state index contributed by atoms with van der Waals surface area (Å²) in [5, 5.41) is 9.48. The molecule has 0 aromatic heterocycles. The lowest BCUT2D eigenvalue weighted by Crippen LogP contribution is -2.31. The average molecular weight is 221 g/mol. The van der Waals surface area contributed by atoms with Crippen LogP contribution in [0.3, 0.4) is 0 Å². The molecular weight excluding hydrogens is 202 g/mol.